The van der Waals surface area contributed by atoms with Crippen molar-refractivity contribution in [2.75, 3.05) is 0 Å². The minimum Gasteiger partial charge on any atom is -0.366 e. The van der Waals surface area contributed by atoms with Crippen molar-refractivity contribution in [1.29, 1.82) is 0 Å². The maximum absolute atomic E-state index is 10.9. The van der Waals surface area contributed by atoms with E-state index in [1.165, 1.54) is 0 Å². The predicted octanol–water partition coefficient (Wildman–Crippen LogP) is 2.96. The van der Waals surface area contributed by atoms with Gasteiger partial charge >= 0.3 is 0 Å². The number of halogens is 3. The average Bonchev–Trinajstić information content (AvgIpc) is 1.97. The molecule has 12 heavy (non-hydrogen) atoms. The monoisotopic (exact) mass is 311 g/mol. The Morgan fingerprint density at radius 1 is 1.42 bits per heavy atom. The van der Waals surface area contributed by atoms with Gasteiger partial charge in [-0.2, -0.15) is 0 Å². The summed E-state index contributed by atoms with van der Waals surface area (Å²) in [5, 5.41) is 0.345. The summed E-state index contributed by atoms with van der Waals surface area (Å²) in [6.07, 6.45) is 0. The first-order valence-electron chi connectivity index (χ1n) is 2.97. The quantitative estimate of drug-likeness (QED) is 0.796. The number of nitrogens with two attached hydrogens (primary N) is 1. The summed E-state index contributed by atoms with van der Waals surface area (Å²) >= 11 is 12.2. The molecule has 0 fully saturated rings. The molecule has 0 aliphatic heterocycles. The molecule has 0 saturated heterocycles. The summed E-state index contributed by atoms with van der Waals surface area (Å²) in [6.45, 7) is 0. The lowest BCUT2D eigenvalue weighted by atomic mass is 10.2. The summed E-state index contributed by atoms with van der Waals surface area (Å²) in [5.74, 6) is -0.548. The predicted molar refractivity (Wildman–Crippen MR) is 55.4 cm³/mol. The molecule has 0 atom stereocenters. The Labute approximate surface area is 91.3 Å². The van der Waals surface area contributed by atoms with E-state index < -0.39 is 5.91 Å². The van der Waals surface area contributed by atoms with Crippen LogP contribution in [0.1, 0.15) is 10.4 Å². The van der Waals surface area contributed by atoms with Crippen LogP contribution in [0, 0.1) is 0 Å². The van der Waals surface area contributed by atoms with Gasteiger partial charge in [0.15, 0.2) is 0 Å². The van der Waals surface area contributed by atoms with Crippen molar-refractivity contribution in [2.45, 2.75) is 0 Å². The van der Waals surface area contributed by atoms with Crippen LogP contribution >= 0.6 is 43.5 Å². The molecule has 1 aromatic carbocycles. The molecule has 1 amide bonds. The van der Waals surface area contributed by atoms with Gasteiger partial charge in [0.1, 0.15) is 0 Å². The van der Waals surface area contributed by atoms with Crippen molar-refractivity contribution in [2.24, 2.45) is 5.73 Å². The van der Waals surface area contributed by atoms with Gasteiger partial charge < -0.3 is 5.73 Å². The maximum atomic E-state index is 10.9. The highest BCUT2D eigenvalue weighted by Gasteiger charge is 2.13. The van der Waals surface area contributed by atoms with Gasteiger partial charge in [0.2, 0.25) is 0 Å². The van der Waals surface area contributed by atoms with Gasteiger partial charge in [-0.1, -0.05) is 11.6 Å². The highest BCUT2D eigenvalue weighted by molar-refractivity contribution is 9.13. The first-order chi connectivity index (χ1) is 5.54. The third-order valence-electron chi connectivity index (χ3n) is 1.29. The van der Waals surface area contributed by atoms with Gasteiger partial charge in [-0.15, -0.1) is 0 Å². The molecule has 0 heterocycles. The van der Waals surface area contributed by atoms with Crippen molar-refractivity contribution < 1.29 is 4.79 Å². The van der Waals surface area contributed by atoms with E-state index in [-0.39, 0.29) is 0 Å². The third kappa shape index (κ3) is 1.81. The highest BCUT2D eigenvalue weighted by atomic mass is 79.9. The molecule has 0 aliphatic rings. The van der Waals surface area contributed by atoms with E-state index in [1.807, 2.05) is 0 Å². The number of amides is 1. The summed E-state index contributed by atoms with van der Waals surface area (Å²) in [5.41, 5.74) is 5.41. The van der Waals surface area contributed by atoms with E-state index in [9.17, 15) is 4.79 Å². The molecule has 0 aromatic heterocycles. The fourth-order valence-corrected chi connectivity index (χ4v) is 1.99. The molecular formula is C7H4Br2ClNO. The van der Waals surface area contributed by atoms with E-state index in [2.05, 4.69) is 31.9 Å². The molecular weight excluding hydrogens is 309 g/mol. The Morgan fingerprint density at radius 2 is 2.00 bits per heavy atom. The minimum absolute atomic E-state index is 0.297. The van der Waals surface area contributed by atoms with Crippen molar-refractivity contribution in [3.8, 4) is 0 Å². The van der Waals surface area contributed by atoms with Crippen LogP contribution < -0.4 is 5.73 Å². The first kappa shape index (κ1) is 10.0. The molecule has 0 radical (unpaired) electrons. The second-order valence-corrected chi connectivity index (χ2v) is 4.14. The molecule has 64 valence electrons. The summed E-state index contributed by atoms with van der Waals surface area (Å²) in [7, 11) is 0. The topological polar surface area (TPSA) is 43.1 Å². The molecule has 0 spiro atoms. The first-order valence-corrected chi connectivity index (χ1v) is 4.93. The Bertz CT molecular complexity index is 340. The lowest BCUT2D eigenvalue weighted by Crippen LogP contribution is -2.12. The maximum Gasteiger partial charge on any atom is 0.251 e. The van der Waals surface area contributed by atoms with Gasteiger partial charge in [0.25, 0.3) is 5.91 Å². The molecule has 1 aromatic rings. The third-order valence-corrected chi connectivity index (χ3v) is 3.62. The van der Waals surface area contributed by atoms with Crippen LogP contribution in [0.15, 0.2) is 21.1 Å². The number of rotatable bonds is 1. The lowest BCUT2D eigenvalue weighted by Gasteiger charge is -2.03. The average molecular weight is 313 g/mol. The van der Waals surface area contributed by atoms with Crippen molar-refractivity contribution >= 4 is 49.4 Å². The fraction of sp³-hybridized carbons (Fsp3) is 0. The Kier molecular flexibility index (Phi) is 3.15. The Morgan fingerprint density at radius 3 is 2.42 bits per heavy atom. The zero-order valence-electron chi connectivity index (χ0n) is 5.77. The molecule has 0 bridgehead atoms. The minimum atomic E-state index is -0.548. The fourth-order valence-electron chi connectivity index (χ4n) is 0.753. The van der Waals surface area contributed by atoms with Crippen LogP contribution in [0.3, 0.4) is 0 Å². The smallest absolute Gasteiger partial charge is 0.251 e. The lowest BCUT2D eigenvalue weighted by molar-refractivity contribution is 0.0999. The molecule has 5 heteroatoms. The highest BCUT2D eigenvalue weighted by Crippen LogP contribution is 2.31. The number of hydrogen-bond donors (Lipinski definition) is 1. The van der Waals surface area contributed by atoms with Crippen molar-refractivity contribution in [1.82, 2.24) is 0 Å². The standard InChI is InChI=1S/C7H4Br2ClNO/c8-3-1-2-4(10)5(6(3)9)7(11)12/h1-2H,(H2,11,12). The summed E-state index contributed by atoms with van der Waals surface area (Å²) in [6, 6.07) is 3.34. The van der Waals surface area contributed by atoms with Crippen molar-refractivity contribution in [3.63, 3.8) is 0 Å². The number of hydrogen-bond acceptors (Lipinski definition) is 1. The summed E-state index contributed by atoms with van der Waals surface area (Å²) < 4.78 is 1.34. The van der Waals surface area contributed by atoms with Crippen LogP contribution in [-0.2, 0) is 0 Å². The van der Waals surface area contributed by atoms with E-state index in [4.69, 9.17) is 17.3 Å². The molecule has 2 N–H and O–H groups in total. The SMILES string of the molecule is NC(=O)c1c(Cl)ccc(Br)c1Br. The Hall–Kier alpha value is -0.0600. The van der Waals surface area contributed by atoms with Gasteiger partial charge in [0.05, 0.1) is 10.6 Å². The van der Waals surface area contributed by atoms with Crippen LogP contribution in [0.25, 0.3) is 0 Å². The second kappa shape index (κ2) is 3.77. The normalized spacial score (nSPS) is 9.92. The van der Waals surface area contributed by atoms with E-state index in [0.29, 0.717) is 15.1 Å². The number of carbonyl (C=O) groups excluding carboxylic acids is 1. The van der Waals surface area contributed by atoms with E-state index in [1.54, 1.807) is 12.1 Å². The Balaban J connectivity index is 3.43. The van der Waals surface area contributed by atoms with Crippen LogP contribution in [0.4, 0.5) is 0 Å². The largest absolute Gasteiger partial charge is 0.366 e. The molecule has 0 aliphatic carbocycles. The van der Waals surface area contributed by atoms with Crippen LogP contribution in [0.2, 0.25) is 5.02 Å². The zero-order valence-corrected chi connectivity index (χ0v) is 9.70. The van der Waals surface area contributed by atoms with Crippen LogP contribution in [-0.4, -0.2) is 5.91 Å². The van der Waals surface area contributed by atoms with E-state index in [0.717, 1.165) is 4.47 Å². The van der Waals surface area contributed by atoms with Gasteiger partial charge in [-0.25, -0.2) is 0 Å². The number of primary amides is 1. The zero-order chi connectivity index (χ0) is 9.30. The number of benzene rings is 1. The van der Waals surface area contributed by atoms with Crippen molar-refractivity contribution in [3.05, 3.63) is 31.7 Å². The molecule has 2 nitrogen and oxygen atoms in total. The van der Waals surface area contributed by atoms with Gasteiger partial charge in [0, 0.05) is 8.95 Å². The second-order valence-electron chi connectivity index (χ2n) is 2.08. The van der Waals surface area contributed by atoms with Gasteiger partial charge in [-0.3, -0.25) is 4.79 Å². The molecule has 1 rings (SSSR count). The van der Waals surface area contributed by atoms with Gasteiger partial charge in [-0.05, 0) is 44.0 Å². The molecule has 0 unspecified atom stereocenters. The summed E-state index contributed by atoms with van der Waals surface area (Å²) in [4.78, 5) is 10.9. The van der Waals surface area contributed by atoms with Crippen LogP contribution in [0.5, 0.6) is 0 Å². The van der Waals surface area contributed by atoms with E-state index >= 15 is 0 Å². The number of carbonyl (C=O) groups is 1. The molecule has 0 saturated carbocycles.